The Bertz CT molecular complexity index is 1050. The van der Waals surface area contributed by atoms with Crippen molar-refractivity contribution in [3.05, 3.63) is 84.4 Å². The first kappa shape index (κ1) is 21.9. The third kappa shape index (κ3) is 6.37. The van der Waals surface area contributed by atoms with Crippen LogP contribution in [0.3, 0.4) is 0 Å². The molecule has 3 N–H and O–H groups in total. The molecule has 0 radical (unpaired) electrons. The number of carbonyl (C=O) groups excluding carboxylic acids is 1. The summed E-state index contributed by atoms with van der Waals surface area (Å²) >= 11 is 0. The second kappa shape index (κ2) is 9.83. The van der Waals surface area contributed by atoms with Crippen molar-refractivity contribution in [2.75, 3.05) is 12.7 Å². The van der Waals surface area contributed by atoms with Gasteiger partial charge in [0, 0.05) is 6.54 Å². The zero-order valence-electron chi connectivity index (χ0n) is 16.4. The predicted octanol–water partition coefficient (Wildman–Crippen LogP) is 4.35. The predicted molar refractivity (Wildman–Crippen MR) is 116 cm³/mol. The molecule has 0 atom stereocenters. The molecule has 0 unspecified atom stereocenters. The lowest BCUT2D eigenvalue weighted by molar-refractivity contribution is -0.162. The van der Waals surface area contributed by atoms with Gasteiger partial charge in [0.15, 0.2) is 0 Å². The van der Waals surface area contributed by atoms with Crippen LogP contribution in [-0.4, -0.2) is 38.7 Å². The normalized spacial score (nSPS) is 11.3. The molecule has 1 amide bonds. The van der Waals surface area contributed by atoms with Crippen LogP contribution in [0, 0.1) is 0 Å². The molecule has 0 aromatic heterocycles. The quantitative estimate of drug-likeness (QED) is 0.283. The number of hydrogen-bond acceptors (Lipinski definition) is 3. The molecule has 156 valence electrons. The molecule has 0 spiro atoms. The zero-order chi connectivity index (χ0) is 21.6. The van der Waals surface area contributed by atoms with Gasteiger partial charge >= 0.3 is 7.60 Å². The maximum absolute atomic E-state index is 11.6. The third-order valence-electron chi connectivity index (χ3n) is 4.69. The molecule has 3 aromatic rings. The van der Waals surface area contributed by atoms with Crippen LogP contribution >= 0.6 is 7.60 Å². The molecule has 3 rings (SSSR count). The molecule has 7 heteroatoms. The summed E-state index contributed by atoms with van der Waals surface area (Å²) in [5.74, 6) is -0.977. The van der Waals surface area contributed by atoms with Crippen LogP contribution in [0.4, 0.5) is 0 Å². The fourth-order valence-corrected chi connectivity index (χ4v) is 3.75. The lowest BCUT2D eigenvalue weighted by Gasteiger charge is -2.15. The lowest BCUT2D eigenvalue weighted by Crippen LogP contribution is -2.31. The monoisotopic (exact) mass is 425 g/mol. The molecular weight excluding hydrogens is 401 g/mol. The van der Waals surface area contributed by atoms with Crippen LogP contribution in [0.15, 0.2) is 78.9 Å². The van der Waals surface area contributed by atoms with Crippen molar-refractivity contribution in [3.8, 4) is 22.3 Å². The standard InChI is InChI=1S/C23H24NO5P/c25-23(17-30(27,28)29)24(26)14-6-8-18-7-4-11-20(15-18)22-13-5-12-21(16-22)19-9-2-1-3-10-19/h1-5,7,9-13,15-16,26H,6,8,14,17H2,(H2,27,28,29). The number of hydroxylamine groups is 2. The Kier molecular flexibility index (Phi) is 7.19. The molecule has 0 bridgehead atoms. The van der Waals surface area contributed by atoms with Crippen molar-refractivity contribution in [2.45, 2.75) is 12.8 Å². The highest BCUT2D eigenvalue weighted by Gasteiger charge is 2.22. The molecule has 0 heterocycles. The van der Waals surface area contributed by atoms with E-state index in [9.17, 15) is 14.6 Å². The summed E-state index contributed by atoms with van der Waals surface area (Å²) in [4.78, 5) is 29.2. The number of nitrogens with zero attached hydrogens (tertiary/aromatic N) is 1. The van der Waals surface area contributed by atoms with Crippen molar-refractivity contribution >= 4 is 13.5 Å². The Morgan fingerprint density at radius 2 is 1.37 bits per heavy atom. The number of amides is 1. The minimum absolute atomic E-state index is 0.00650. The van der Waals surface area contributed by atoms with Crippen LogP contribution in [0.1, 0.15) is 12.0 Å². The van der Waals surface area contributed by atoms with Gasteiger partial charge in [0.25, 0.3) is 5.91 Å². The first-order chi connectivity index (χ1) is 14.3. The van der Waals surface area contributed by atoms with Gasteiger partial charge in [0.2, 0.25) is 0 Å². The highest BCUT2D eigenvalue weighted by atomic mass is 31.2. The van der Waals surface area contributed by atoms with Gasteiger partial charge in [0.1, 0.15) is 6.16 Å². The van der Waals surface area contributed by atoms with Gasteiger partial charge in [-0.15, -0.1) is 0 Å². The van der Waals surface area contributed by atoms with E-state index in [0.717, 1.165) is 27.8 Å². The van der Waals surface area contributed by atoms with Crippen LogP contribution < -0.4 is 0 Å². The number of carbonyl (C=O) groups is 1. The fraction of sp³-hybridized carbons (Fsp3) is 0.174. The van der Waals surface area contributed by atoms with E-state index in [-0.39, 0.29) is 6.54 Å². The van der Waals surface area contributed by atoms with Crippen molar-refractivity contribution in [3.63, 3.8) is 0 Å². The van der Waals surface area contributed by atoms with Crippen LogP contribution in [0.25, 0.3) is 22.3 Å². The first-order valence-electron chi connectivity index (χ1n) is 9.60. The SMILES string of the molecule is O=C(CP(=O)(O)O)N(O)CCCc1cccc(-c2cccc(-c3ccccc3)c2)c1. The second-order valence-electron chi connectivity index (χ2n) is 7.09. The highest BCUT2D eigenvalue weighted by Crippen LogP contribution is 2.34. The zero-order valence-corrected chi connectivity index (χ0v) is 17.3. The number of hydrogen-bond donors (Lipinski definition) is 3. The van der Waals surface area contributed by atoms with Gasteiger partial charge < -0.3 is 9.79 Å². The Labute approximate surface area is 175 Å². The fourth-order valence-electron chi connectivity index (χ4n) is 3.23. The summed E-state index contributed by atoms with van der Waals surface area (Å²) in [6.07, 6.45) is 0.0973. The summed E-state index contributed by atoms with van der Waals surface area (Å²) < 4.78 is 10.9. The molecular formula is C23H24NO5P. The average molecular weight is 425 g/mol. The second-order valence-corrected chi connectivity index (χ2v) is 8.74. The van der Waals surface area contributed by atoms with Gasteiger partial charge in [-0.25, -0.2) is 5.06 Å². The van der Waals surface area contributed by atoms with Gasteiger partial charge in [-0.1, -0.05) is 72.8 Å². The molecule has 0 fully saturated rings. The topological polar surface area (TPSA) is 98.1 Å². The Balaban J connectivity index is 1.64. The maximum Gasteiger partial charge on any atom is 0.335 e. The highest BCUT2D eigenvalue weighted by molar-refractivity contribution is 7.52. The van der Waals surface area contributed by atoms with Crippen LogP contribution in [0.2, 0.25) is 0 Å². The maximum atomic E-state index is 11.6. The van der Waals surface area contributed by atoms with E-state index >= 15 is 0 Å². The van der Waals surface area contributed by atoms with Gasteiger partial charge in [-0.2, -0.15) is 0 Å². The number of aryl methyl sites for hydroxylation is 1. The van der Waals surface area contributed by atoms with E-state index in [0.29, 0.717) is 17.9 Å². The molecule has 0 aliphatic carbocycles. The van der Waals surface area contributed by atoms with Gasteiger partial charge in [0.05, 0.1) is 0 Å². The van der Waals surface area contributed by atoms with E-state index in [1.165, 1.54) is 0 Å². The molecule has 6 nitrogen and oxygen atoms in total. The van der Waals surface area contributed by atoms with Crippen LogP contribution in [0.5, 0.6) is 0 Å². The summed E-state index contributed by atoms with van der Waals surface area (Å²) in [5, 5.41) is 10.1. The molecule has 0 saturated carbocycles. The molecule has 0 saturated heterocycles. The summed E-state index contributed by atoms with van der Waals surface area (Å²) in [7, 11) is -4.48. The Morgan fingerprint density at radius 3 is 2.03 bits per heavy atom. The minimum Gasteiger partial charge on any atom is -0.324 e. The molecule has 30 heavy (non-hydrogen) atoms. The summed E-state index contributed by atoms with van der Waals surface area (Å²) in [6.45, 7) is 0.00650. The Morgan fingerprint density at radius 1 is 0.800 bits per heavy atom. The smallest absolute Gasteiger partial charge is 0.324 e. The summed E-state index contributed by atoms with van der Waals surface area (Å²) in [5.41, 5.74) is 5.51. The average Bonchev–Trinajstić information content (AvgIpc) is 2.73. The largest absolute Gasteiger partial charge is 0.335 e. The van der Waals surface area contributed by atoms with E-state index in [1.807, 2.05) is 42.5 Å². The lowest BCUT2D eigenvalue weighted by atomic mass is 9.97. The third-order valence-corrected chi connectivity index (χ3v) is 5.38. The van der Waals surface area contributed by atoms with E-state index in [4.69, 9.17) is 9.79 Å². The summed E-state index contributed by atoms with van der Waals surface area (Å²) in [6, 6.07) is 26.5. The van der Waals surface area contributed by atoms with Crippen molar-refractivity contribution < 1.29 is 24.4 Å². The van der Waals surface area contributed by atoms with Crippen molar-refractivity contribution in [2.24, 2.45) is 0 Å². The van der Waals surface area contributed by atoms with E-state index in [1.54, 1.807) is 0 Å². The van der Waals surface area contributed by atoms with Crippen molar-refractivity contribution in [1.29, 1.82) is 0 Å². The van der Waals surface area contributed by atoms with E-state index < -0.39 is 19.7 Å². The number of rotatable bonds is 8. The molecule has 0 aliphatic heterocycles. The van der Waals surface area contributed by atoms with Crippen molar-refractivity contribution in [1.82, 2.24) is 5.06 Å². The Hall–Kier alpha value is -2.76. The first-order valence-corrected chi connectivity index (χ1v) is 11.4. The minimum atomic E-state index is -4.48. The van der Waals surface area contributed by atoms with E-state index in [2.05, 4.69) is 36.4 Å². The molecule has 3 aromatic carbocycles. The van der Waals surface area contributed by atoms with Gasteiger partial charge in [-0.3, -0.25) is 14.6 Å². The molecule has 0 aliphatic rings. The van der Waals surface area contributed by atoms with Crippen LogP contribution in [-0.2, 0) is 15.8 Å². The number of benzene rings is 3. The van der Waals surface area contributed by atoms with Gasteiger partial charge in [-0.05, 0) is 46.7 Å².